The smallest absolute Gasteiger partial charge is 0.264 e. The number of ether oxygens (including phenoxy) is 1. The molecule has 41 heavy (non-hydrogen) atoms. The minimum atomic E-state index is -4.23. The van der Waals surface area contributed by atoms with E-state index in [9.17, 15) is 18.0 Å². The van der Waals surface area contributed by atoms with Crippen LogP contribution in [0.25, 0.3) is 0 Å². The van der Waals surface area contributed by atoms with Crippen molar-refractivity contribution in [2.24, 2.45) is 0 Å². The maximum atomic E-state index is 14.1. The number of carbonyl (C=O) groups excluding carboxylic acids is 2. The molecule has 0 spiro atoms. The van der Waals surface area contributed by atoms with E-state index in [1.54, 1.807) is 43.5 Å². The average molecular weight is 621 g/mol. The Labute approximate surface area is 252 Å². The van der Waals surface area contributed by atoms with Crippen LogP contribution < -0.4 is 14.4 Å². The summed E-state index contributed by atoms with van der Waals surface area (Å²) in [5.74, 6) is -0.286. The molecule has 0 saturated heterocycles. The summed E-state index contributed by atoms with van der Waals surface area (Å²) < 4.78 is 34.1. The Hall–Kier alpha value is -3.27. The van der Waals surface area contributed by atoms with E-state index in [2.05, 4.69) is 5.32 Å². The molecule has 3 aromatic rings. The van der Waals surface area contributed by atoms with Crippen molar-refractivity contribution >= 4 is 50.7 Å². The third kappa shape index (κ3) is 8.38. The van der Waals surface area contributed by atoms with Gasteiger partial charge in [0.1, 0.15) is 18.3 Å². The highest BCUT2D eigenvalue weighted by Gasteiger charge is 2.34. The van der Waals surface area contributed by atoms with Crippen LogP contribution in [0.2, 0.25) is 10.0 Å². The lowest BCUT2D eigenvalue weighted by Gasteiger charge is -2.33. The summed E-state index contributed by atoms with van der Waals surface area (Å²) in [5, 5.41) is 3.29. The van der Waals surface area contributed by atoms with Gasteiger partial charge in [-0.1, -0.05) is 73.8 Å². The number of benzene rings is 3. The monoisotopic (exact) mass is 619 g/mol. The van der Waals surface area contributed by atoms with E-state index in [-0.39, 0.29) is 28.1 Å². The van der Waals surface area contributed by atoms with E-state index in [0.29, 0.717) is 23.7 Å². The van der Waals surface area contributed by atoms with Crippen molar-refractivity contribution in [2.45, 2.75) is 50.6 Å². The number of halogens is 2. The molecule has 1 unspecified atom stereocenters. The molecule has 3 rings (SSSR count). The number of sulfonamides is 1. The molecule has 0 heterocycles. The Balaban J connectivity index is 2.06. The first kappa shape index (κ1) is 32.2. The molecule has 0 bridgehead atoms. The SMILES string of the molecule is CCCCNC(=O)C(CC)N(Cc1cccc(OC)c1)C(=O)CN(c1ccc(Cl)cc1Cl)S(=O)(=O)c1ccccc1. The molecule has 220 valence electrons. The Morgan fingerprint density at radius 1 is 0.976 bits per heavy atom. The minimum Gasteiger partial charge on any atom is -0.497 e. The Morgan fingerprint density at radius 3 is 2.34 bits per heavy atom. The number of rotatable bonds is 14. The van der Waals surface area contributed by atoms with Gasteiger partial charge in [-0.25, -0.2) is 8.42 Å². The number of hydrogen-bond acceptors (Lipinski definition) is 5. The number of anilines is 1. The van der Waals surface area contributed by atoms with Crippen LogP contribution in [0.15, 0.2) is 77.7 Å². The molecule has 0 aliphatic heterocycles. The molecule has 0 aliphatic carbocycles. The van der Waals surface area contributed by atoms with Gasteiger partial charge in [-0.3, -0.25) is 13.9 Å². The number of methoxy groups -OCH3 is 1. The van der Waals surface area contributed by atoms with Gasteiger partial charge >= 0.3 is 0 Å². The predicted octanol–water partition coefficient (Wildman–Crippen LogP) is 5.92. The number of carbonyl (C=O) groups is 2. The van der Waals surface area contributed by atoms with Crippen LogP contribution in [0.3, 0.4) is 0 Å². The average Bonchev–Trinajstić information content (AvgIpc) is 2.96. The van der Waals surface area contributed by atoms with Crippen molar-refractivity contribution in [1.82, 2.24) is 10.2 Å². The van der Waals surface area contributed by atoms with Crippen molar-refractivity contribution in [3.05, 3.63) is 88.4 Å². The van der Waals surface area contributed by atoms with Gasteiger partial charge < -0.3 is 15.0 Å². The fourth-order valence-electron chi connectivity index (χ4n) is 4.31. The molecule has 0 aliphatic rings. The lowest BCUT2D eigenvalue weighted by atomic mass is 10.1. The third-order valence-corrected chi connectivity index (χ3v) is 8.80. The zero-order valence-corrected chi connectivity index (χ0v) is 25.7. The Kier molecular flexibility index (Phi) is 11.9. The summed E-state index contributed by atoms with van der Waals surface area (Å²) >= 11 is 12.6. The van der Waals surface area contributed by atoms with E-state index in [4.69, 9.17) is 27.9 Å². The first-order chi connectivity index (χ1) is 19.6. The van der Waals surface area contributed by atoms with Crippen molar-refractivity contribution < 1.29 is 22.7 Å². The van der Waals surface area contributed by atoms with Gasteiger partial charge in [0.25, 0.3) is 10.0 Å². The van der Waals surface area contributed by atoms with Gasteiger partial charge in [0.05, 0.1) is 22.7 Å². The molecule has 0 aromatic heterocycles. The van der Waals surface area contributed by atoms with Gasteiger partial charge in [0, 0.05) is 18.1 Å². The van der Waals surface area contributed by atoms with Gasteiger partial charge in [-0.2, -0.15) is 0 Å². The second kappa shape index (κ2) is 15.1. The first-order valence-corrected chi connectivity index (χ1v) is 15.5. The van der Waals surface area contributed by atoms with Gasteiger partial charge in [0.15, 0.2) is 0 Å². The summed E-state index contributed by atoms with van der Waals surface area (Å²) in [7, 11) is -2.69. The number of unbranched alkanes of at least 4 members (excludes halogenated alkanes) is 1. The lowest BCUT2D eigenvalue weighted by molar-refractivity contribution is -0.140. The summed E-state index contributed by atoms with van der Waals surface area (Å²) in [4.78, 5) is 28.8. The molecular formula is C30H35Cl2N3O5S. The number of nitrogens with zero attached hydrogens (tertiary/aromatic N) is 2. The molecule has 11 heteroatoms. The summed E-state index contributed by atoms with van der Waals surface area (Å²) in [6, 6.07) is 18.5. The molecule has 2 amide bonds. The van der Waals surface area contributed by atoms with Crippen LogP contribution in [0.5, 0.6) is 5.75 Å². The highest BCUT2D eigenvalue weighted by molar-refractivity contribution is 7.92. The first-order valence-electron chi connectivity index (χ1n) is 13.3. The molecule has 3 aromatic carbocycles. The van der Waals surface area contributed by atoms with Crippen LogP contribution in [-0.4, -0.2) is 51.4 Å². The van der Waals surface area contributed by atoms with Crippen molar-refractivity contribution in [3.63, 3.8) is 0 Å². The third-order valence-electron chi connectivity index (χ3n) is 6.49. The number of amides is 2. The van der Waals surface area contributed by atoms with Crippen LogP contribution >= 0.6 is 23.2 Å². The topological polar surface area (TPSA) is 96.0 Å². The fraction of sp³-hybridized carbons (Fsp3) is 0.333. The summed E-state index contributed by atoms with van der Waals surface area (Å²) in [5.41, 5.74) is 0.814. The van der Waals surface area contributed by atoms with E-state index < -0.39 is 28.5 Å². The summed E-state index contributed by atoms with van der Waals surface area (Å²) in [6.45, 7) is 3.77. The highest BCUT2D eigenvalue weighted by atomic mass is 35.5. The molecule has 0 fully saturated rings. The van der Waals surface area contributed by atoms with E-state index >= 15 is 0 Å². The standard InChI is InChI=1S/C30H35Cl2N3O5S/c1-4-6-17-33-30(37)27(5-2)34(20-22-11-10-12-24(18-22)40-3)29(36)21-35(28-16-15-23(31)19-26(28)32)41(38,39)25-13-8-7-9-14-25/h7-16,18-19,27H,4-6,17,20-21H2,1-3H3,(H,33,37). The fourth-order valence-corrected chi connectivity index (χ4v) is 6.32. The maximum Gasteiger partial charge on any atom is 0.264 e. The lowest BCUT2D eigenvalue weighted by Crippen LogP contribution is -2.52. The normalized spacial score (nSPS) is 11.9. The van der Waals surface area contributed by atoms with Crippen LogP contribution in [-0.2, 0) is 26.2 Å². The number of hydrogen-bond donors (Lipinski definition) is 1. The van der Waals surface area contributed by atoms with Crippen molar-refractivity contribution in [3.8, 4) is 5.75 Å². The van der Waals surface area contributed by atoms with E-state index in [1.165, 1.54) is 35.2 Å². The summed E-state index contributed by atoms with van der Waals surface area (Å²) in [6.07, 6.45) is 2.02. The van der Waals surface area contributed by atoms with Crippen molar-refractivity contribution in [1.29, 1.82) is 0 Å². The highest BCUT2D eigenvalue weighted by Crippen LogP contribution is 2.33. The Bertz CT molecular complexity index is 1440. The zero-order valence-electron chi connectivity index (χ0n) is 23.3. The molecule has 0 radical (unpaired) electrons. The molecular weight excluding hydrogens is 585 g/mol. The quantitative estimate of drug-likeness (QED) is 0.226. The second-order valence-electron chi connectivity index (χ2n) is 9.36. The van der Waals surface area contributed by atoms with E-state index in [0.717, 1.165) is 22.7 Å². The number of nitrogens with one attached hydrogen (secondary N) is 1. The largest absolute Gasteiger partial charge is 0.497 e. The minimum absolute atomic E-state index is 0.0116. The van der Waals surface area contributed by atoms with Crippen LogP contribution in [0.4, 0.5) is 5.69 Å². The van der Waals surface area contributed by atoms with Gasteiger partial charge in [0.2, 0.25) is 11.8 Å². The maximum absolute atomic E-state index is 14.1. The van der Waals surface area contributed by atoms with Gasteiger partial charge in [-0.05, 0) is 60.9 Å². The predicted molar refractivity (Wildman–Crippen MR) is 163 cm³/mol. The molecule has 1 atom stereocenters. The Morgan fingerprint density at radius 2 is 1.71 bits per heavy atom. The van der Waals surface area contributed by atoms with Crippen LogP contribution in [0, 0.1) is 0 Å². The van der Waals surface area contributed by atoms with Crippen molar-refractivity contribution in [2.75, 3.05) is 24.5 Å². The zero-order chi connectivity index (χ0) is 30.0. The molecule has 1 N–H and O–H groups in total. The molecule has 8 nitrogen and oxygen atoms in total. The van der Waals surface area contributed by atoms with Gasteiger partial charge in [-0.15, -0.1) is 0 Å². The molecule has 0 saturated carbocycles. The second-order valence-corrected chi connectivity index (χ2v) is 12.1. The van der Waals surface area contributed by atoms with E-state index in [1.807, 2.05) is 19.9 Å². The van der Waals surface area contributed by atoms with Crippen LogP contribution in [0.1, 0.15) is 38.7 Å².